The Morgan fingerprint density at radius 1 is 1.38 bits per heavy atom. The molecule has 0 amide bonds. The minimum Gasteiger partial charge on any atom is -0.390 e. The van der Waals surface area contributed by atoms with Crippen molar-refractivity contribution in [2.45, 2.75) is 57.9 Å². The Morgan fingerprint density at radius 3 is 2.44 bits per heavy atom. The molecule has 1 saturated carbocycles. The van der Waals surface area contributed by atoms with Gasteiger partial charge in [0.15, 0.2) is 0 Å². The monoisotopic (exact) mass is 240 g/mol. The van der Waals surface area contributed by atoms with E-state index >= 15 is 0 Å². The molecule has 1 fully saturated rings. The predicted octanol–water partition coefficient (Wildman–Crippen LogP) is 2.90. The van der Waals surface area contributed by atoms with E-state index in [2.05, 4.69) is 0 Å². The largest absolute Gasteiger partial charge is 0.390 e. The molecule has 0 aromatic heterocycles. The van der Waals surface area contributed by atoms with Crippen LogP contribution in [0, 0.1) is 5.41 Å². The van der Waals surface area contributed by atoms with E-state index in [0.717, 1.165) is 12.8 Å². The number of aliphatic hydroxyl groups is 1. The maximum Gasteiger partial charge on any atom is 0.389 e. The highest BCUT2D eigenvalue weighted by atomic mass is 19.4. The van der Waals surface area contributed by atoms with Gasteiger partial charge in [-0.3, -0.25) is 0 Å². The molecule has 0 saturated heterocycles. The van der Waals surface area contributed by atoms with E-state index < -0.39 is 18.7 Å². The average Bonchev–Trinajstić information content (AvgIpc) is 2.37. The fourth-order valence-electron chi connectivity index (χ4n) is 2.01. The zero-order valence-corrected chi connectivity index (χ0v) is 9.68. The highest BCUT2D eigenvalue weighted by Crippen LogP contribution is 2.39. The molecule has 0 aliphatic heterocycles. The summed E-state index contributed by atoms with van der Waals surface area (Å²) in [6.07, 6.45) is -4.27. The molecule has 2 atom stereocenters. The third-order valence-corrected chi connectivity index (χ3v) is 3.16. The van der Waals surface area contributed by atoms with E-state index in [1.54, 1.807) is 0 Å². The van der Waals surface area contributed by atoms with Crippen LogP contribution in [0.4, 0.5) is 13.2 Å². The summed E-state index contributed by atoms with van der Waals surface area (Å²) in [7, 11) is 0. The van der Waals surface area contributed by atoms with Crippen LogP contribution in [0.25, 0.3) is 0 Å². The van der Waals surface area contributed by atoms with Crippen molar-refractivity contribution < 1.29 is 23.0 Å². The van der Waals surface area contributed by atoms with Gasteiger partial charge in [0.05, 0.1) is 12.2 Å². The molecular weight excluding hydrogens is 221 g/mol. The van der Waals surface area contributed by atoms with Gasteiger partial charge in [0.25, 0.3) is 0 Å². The van der Waals surface area contributed by atoms with Gasteiger partial charge in [-0.2, -0.15) is 13.2 Å². The zero-order chi connectivity index (χ0) is 12.4. The first kappa shape index (κ1) is 13.8. The highest BCUT2D eigenvalue weighted by Gasteiger charge is 2.41. The number of hydrogen-bond donors (Lipinski definition) is 1. The fraction of sp³-hybridized carbons (Fsp3) is 1.00. The number of halogens is 3. The Morgan fingerprint density at radius 2 is 2.00 bits per heavy atom. The molecule has 1 N–H and O–H groups in total. The summed E-state index contributed by atoms with van der Waals surface area (Å²) in [6, 6.07) is 0. The second-order valence-corrected chi connectivity index (χ2v) is 5.10. The summed E-state index contributed by atoms with van der Waals surface area (Å²) in [5.41, 5.74) is -0.186. The van der Waals surface area contributed by atoms with Crippen molar-refractivity contribution in [3.63, 3.8) is 0 Å². The number of aliphatic hydroxyl groups excluding tert-OH is 1. The lowest BCUT2D eigenvalue weighted by Gasteiger charge is -2.25. The molecule has 0 aromatic carbocycles. The Kier molecular flexibility index (Phi) is 4.23. The lowest BCUT2D eigenvalue weighted by atomic mass is 9.89. The molecule has 0 aromatic rings. The fourth-order valence-corrected chi connectivity index (χ4v) is 2.01. The molecule has 1 aliphatic rings. The van der Waals surface area contributed by atoms with Crippen molar-refractivity contribution in [2.24, 2.45) is 5.41 Å². The van der Waals surface area contributed by atoms with Gasteiger partial charge in [0.1, 0.15) is 0 Å². The van der Waals surface area contributed by atoms with Crippen molar-refractivity contribution in [3.8, 4) is 0 Å². The summed E-state index contributed by atoms with van der Waals surface area (Å²) in [5, 5.41) is 9.83. The number of hydrogen-bond acceptors (Lipinski definition) is 2. The van der Waals surface area contributed by atoms with Gasteiger partial charge >= 0.3 is 6.18 Å². The van der Waals surface area contributed by atoms with Crippen molar-refractivity contribution in [2.75, 3.05) is 6.61 Å². The summed E-state index contributed by atoms with van der Waals surface area (Å²) in [6.45, 7) is 3.95. The van der Waals surface area contributed by atoms with Gasteiger partial charge < -0.3 is 9.84 Å². The minimum absolute atomic E-state index is 0.0346. The van der Waals surface area contributed by atoms with E-state index in [0.29, 0.717) is 0 Å². The SMILES string of the molecule is CC1(C)CCC(OCCCC(F)(F)F)C1O. The van der Waals surface area contributed by atoms with Crippen molar-refractivity contribution >= 4 is 0 Å². The van der Waals surface area contributed by atoms with Gasteiger partial charge in [-0.15, -0.1) is 0 Å². The molecule has 0 heterocycles. The first-order chi connectivity index (χ1) is 7.22. The van der Waals surface area contributed by atoms with Crippen molar-refractivity contribution in [3.05, 3.63) is 0 Å². The van der Waals surface area contributed by atoms with Crippen LogP contribution in [0.15, 0.2) is 0 Å². The van der Waals surface area contributed by atoms with Crippen LogP contribution < -0.4 is 0 Å². The van der Waals surface area contributed by atoms with Crippen molar-refractivity contribution in [1.82, 2.24) is 0 Å². The summed E-state index contributed by atoms with van der Waals surface area (Å²) < 4.78 is 40.8. The van der Waals surface area contributed by atoms with Gasteiger partial charge in [-0.1, -0.05) is 13.8 Å². The molecule has 2 nitrogen and oxygen atoms in total. The third-order valence-electron chi connectivity index (χ3n) is 3.16. The second kappa shape index (κ2) is 4.92. The average molecular weight is 240 g/mol. The molecule has 1 aliphatic carbocycles. The first-order valence-corrected chi connectivity index (χ1v) is 5.59. The number of ether oxygens (including phenoxy) is 1. The van der Waals surface area contributed by atoms with Crippen LogP contribution in [-0.4, -0.2) is 30.1 Å². The van der Waals surface area contributed by atoms with Crippen LogP contribution in [0.3, 0.4) is 0 Å². The Balaban J connectivity index is 2.20. The maximum atomic E-state index is 11.9. The molecule has 0 spiro atoms. The van der Waals surface area contributed by atoms with E-state index in [4.69, 9.17) is 4.74 Å². The molecule has 16 heavy (non-hydrogen) atoms. The lowest BCUT2D eigenvalue weighted by molar-refractivity contribution is -0.140. The molecule has 0 radical (unpaired) electrons. The smallest absolute Gasteiger partial charge is 0.389 e. The van der Waals surface area contributed by atoms with Crippen LogP contribution >= 0.6 is 0 Å². The van der Waals surface area contributed by atoms with Crippen molar-refractivity contribution in [1.29, 1.82) is 0 Å². The Hall–Kier alpha value is -0.290. The highest BCUT2D eigenvalue weighted by molar-refractivity contribution is 4.91. The number of rotatable bonds is 4. The molecule has 0 bridgehead atoms. The Bertz CT molecular complexity index is 226. The van der Waals surface area contributed by atoms with Crippen LogP contribution in [0.2, 0.25) is 0 Å². The molecule has 2 unspecified atom stereocenters. The predicted molar refractivity (Wildman–Crippen MR) is 54.1 cm³/mol. The molecular formula is C11H19F3O2. The van der Waals surface area contributed by atoms with E-state index in [1.807, 2.05) is 13.8 Å². The first-order valence-electron chi connectivity index (χ1n) is 5.59. The summed E-state index contributed by atoms with van der Waals surface area (Å²) in [5.74, 6) is 0. The quantitative estimate of drug-likeness (QED) is 0.766. The van der Waals surface area contributed by atoms with Crippen LogP contribution in [-0.2, 0) is 4.74 Å². The normalized spacial score (nSPS) is 29.6. The molecule has 5 heteroatoms. The van der Waals surface area contributed by atoms with Crippen LogP contribution in [0.1, 0.15) is 39.5 Å². The van der Waals surface area contributed by atoms with Gasteiger partial charge in [0.2, 0.25) is 0 Å². The lowest BCUT2D eigenvalue weighted by Crippen LogP contribution is -2.33. The van der Waals surface area contributed by atoms with E-state index in [1.165, 1.54) is 0 Å². The van der Waals surface area contributed by atoms with E-state index in [-0.39, 0.29) is 24.5 Å². The molecule has 96 valence electrons. The number of alkyl halides is 3. The minimum atomic E-state index is -4.11. The zero-order valence-electron chi connectivity index (χ0n) is 9.68. The van der Waals surface area contributed by atoms with Gasteiger partial charge in [-0.05, 0) is 24.7 Å². The van der Waals surface area contributed by atoms with Gasteiger partial charge in [-0.25, -0.2) is 0 Å². The maximum absolute atomic E-state index is 11.9. The molecule has 1 rings (SSSR count). The third kappa shape index (κ3) is 3.94. The van der Waals surface area contributed by atoms with Gasteiger partial charge in [0, 0.05) is 13.0 Å². The standard InChI is InChI=1S/C11H19F3O2/c1-10(2)6-4-8(9(10)15)16-7-3-5-11(12,13)14/h8-9,15H,3-7H2,1-2H3. The van der Waals surface area contributed by atoms with Crippen LogP contribution in [0.5, 0.6) is 0 Å². The summed E-state index contributed by atoms with van der Waals surface area (Å²) in [4.78, 5) is 0. The summed E-state index contributed by atoms with van der Waals surface area (Å²) >= 11 is 0. The van der Waals surface area contributed by atoms with E-state index in [9.17, 15) is 18.3 Å². The Labute approximate surface area is 93.8 Å². The topological polar surface area (TPSA) is 29.5 Å². The second-order valence-electron chi connectivity index (χ2n) is 5.10.